The molecule has 2 heterocycles. The average Bonchev–Trinajstić information content (AvgIpc) is 3.20. The zero-order valence-corrected chi connectivity index (χ0v) is 20.1. The number of rotatable bonds is 8. The maximum atomic E-state index is 13.5. The molecule has 0 bridgehead atoms. The average molecular weight is 459 g/mol. The molecule has 4 aromatic rings. The quantitative estimate of drug-likeness (QED) is 0.432. The van der Waals surface area contributed by atoms with Gasteiger partial charge < -0.3 is 10.1 Å². The van der Waals surface area contributed by atoms with Gasteiger partial charge in [0.1, 0.15) is 11.4 Å². The number of amides is 1. The van der Waals surface area contributed by atoms with Crippen LogP contribution in [0.2, 0.25) is 0 Å². The van der Waals surface area contributed by atoms with Crippen LogP contribution in [0.3, 0.4) is 0 Å². The molecule has 0 aliphatic carbocycles. The molecule has 7 nitrogen and oxygen atoms in total. The third kappa shape index (κ3) is 4.46. The van der Waals surface area contributed by atoms with Gasteiger partial charge in [0.2, 0.25) is 5.91 Å². The second-order valence-corrected chi connectivity index (χ2v) is 8.31. The van der Waals surface area contributed by atoms with Gasteiger partial charge in [-0.3, -0.25) is 14.2 Å². The molecule has 0 saturated carbocycles. The van der Waals surface area contributed by atoms with Gasteiger partial charge in [-0.25, -0.2) is 4.68 Å². The number of benzene rings is 2. The number of carbonyl (C=O) groups is 1. The Balaban J connectivity index is 1.60. The summed E-state index contributed by atoms with van der Waals surface area (Å²) in [6.07, 6.45) is 0.613. The van der Waals surface area contributed by atoms with E-state index in [1.165, 1.54) is 0 Å². The van der Waals surface area contributed by atoms with Gasteiger partial charge in [0.15, 0.2) is 0 Å². The van der Waals surface area contributed by atoms with E-state index in [9.17, 15) is 9.59 Å². The number of fused-ring (bicyclic) bond motifs is 1. The molecular formula is C27H30N4O3. The highest BCUT2D eigenvalue weighted by molar-refractivity contribution is 5.85. The number of hydrogen-bond acceptors (Lipinski definition) is 4. The van der Waals surface area contributed by atoms with E-state index in [1.807, 2.05) is 80.1 Å². The summed E-state index contributed by atoms with van der Waals surface area (Å²) in [4.78, 5) is 26.0. The number of pyridine rings is 1. The molecule has 4 rings (SSSR count). The smallest absolute Gasteiger partial charge is 0.255 e. The molecule has 0 spiro atoms. The number of hydrogen-bond donors (Lipinski definition) is 1. The molecule has 1 amide bonds. The van der Waals surface area contributed by atoms with E-state index in [4.69, 9.17) is 9.84 Å². The SMILES string of the molecule is CCn1c(=O)c(CCC(=O)NCc2cccc(OC)c2)c(C)c2c(C)nn(-c3ccccc3)c21. The van der Waals surface area contributed by atoms with Gasteiger partial charge in [-0.05, 0) is 62.6 Å². The number of para-hydroxylation sites is 1. The minimum absolute atomic E-state index is 0.0647. The summed E-state index contributed by atoms with van der Waals surface area (Å²) in [5, 5.41) is 8.66. The number of methoxy groups -OCH3 is 1. The van der Waals surface area contributed by atoms with Gasteiger partial charge in [-0.15, -0.1) is 0 Å². The lowest BCUT2D eigenvalue weighted by atomic mass is 10.0. The first-order chi connectivity index (χ1) is 16.4. The third-order valence-corrected chi connectivity index (χ3v) is 6.17. The predicted molar refractivity (Wildman–Crippen MR) is 134 cm³/mol. The van der Waals surface area contributed by atoms with Crippen molar-refractivity contribution in [1.29, 1.82) is 0 Å². The van der Waals surface area contributed by atoms with E-state index in [-0.39, 0.29) is 17.9 Å². The van der Waals surface area contributed by atoms with Crippen LogP contribution in [0.4, 0.5) is 0 Å². The fraction of sp³-hybridized carbons (Fsp3) is 0.296. The van der Waals surface area contributed by atoms with Crippen LogP contribution in [0, 0.1) is 13.8 Å². The molecule has 176 valence electrons. The van der Waals surface area contributed by atoms with E-state index in [1.54, 1.807) is 11.7 Å². The molecule has 0 aliphatic heterocycles. The van der Waals surface area contributed by atoms with Crippen molar-refractivity contribution in [2.75, 3.05) is 7.11 Å². The van der Waals surface area contributed by atoms with Gasteiger partial charge in [-0.1, -0.05) is 30.3 Å². The molecule has 0 radical (unpaired) electrons. The molecule has 0 aliphatic rings. The van der Waals surface area contributed by atoms with Crippen LogP contribution in [-0.2, 0) is 24.3 Å². The molecule has 0 unspecified atom stereocenters. The van der Waals surface area contributed by atoms with Crippen molar-refractivity contribution in [3.63, 3.8) is 0 Å². The summed E-state index contributed by atoms with van der Waals surface area (Å²) in [5.74, 6) is 0.656. The minimum Gasteiger partial charge on any atom is -0.497 e. The molecule has 34 heavy (non-hydrogen) atoms. The summed E-state index contributed by atoms with van der Waals surface area (Å²) in [5.41, 5.74) is 5.02. The Bertz CT molecular complexity index is 1390. The van der Waals surface area contributed by atoms with E-state index >= 15 is 0 Å². The van der Waals surface area contributed by atoms with E-state index in [0.29, 0.717) is 25.1 Å². The summed E-state index contributed by atoms with van der Waals surface area (Å²) < 4.78 is 8.84. The number of nitrogens with zero attached hydrogens (tertiary/aromatic N) is 3. The second kappa shape index (κ2) is 9.95. The van der Waals surface area contributed by atoms with Crippen molar-refractivity contribution in [3.05, 3.63) is 87.3 Å². The molecular weight excluding hydrogens is 428 g/mol. The second-order valence-electron chi connectivity index (χ2n) is 8.31. The van der Waals surface area contributed by atoms with Crippen LogP contribution in [-0.4, -0.2) is 27.4 Å². The van der Waals surface area contributed by atoms with E-state index < -0.39 is 0 Å². The summed E-state index contributed by atoms with van der Waals surface area (Å²) in [7, 11) is 1.62. The van der Waals surface area contributed by atoms with Gasteiger partial charge in [0.05, 0.1) is 18.5 Å². The lowest BCUT2D eigenvalue weighted by Gasteiger charge is -2.14. The lowest BCUT2D eigenvalue weighted by molar-refractivity contribution is -0.121. The predicted octanol–water partition coefficient (Wildman–Crippen LogP) is 4.08. The largest absolute Gasteiger partial charge is 0.497 e. The first-order valence-electron chi connectivity index (χ1n) is 11.5. The Labute approximate surface area is 199 Å². The maximum absolute atomic E-state index is 13.5. The Morgan fingerprint density at radius 1 is 1.09 bits per heavy atom. The number of aromatic nitrogens is 3. The van der Waals surface area contributed by atoms with Crippen molar-refractivity contribution in [1.82, 2.24) is 19.7 Å². The van der Waals surface area contributed by atoms with Crippen LogP contribution in [0.1, 0.15) is 35.7 Å². The normalized spacial score (nSPS) is 11.1. The number of carbonyl (C=O) groups excluding carboxylic acids is 1. The molecule has 1 N–H and O–H groups in total. The van der Waals surface area contributed by atoms with E-state index in [0.717, 1.165) is 39.3 Å². The highest BCUT2D eigenvalue weighted by Gasteiger charge is 2.21. The van der Waals surface area contributed by atoms with Crippen LogP contribution in [0.15, 0.2) is 59.4 Å². The van der Waals surface area contributed by atoms with Crippen molar-refractivity contribution in [2.24, 2.45) is 0 Å². The molecule has 0 atom stereocenters. The highest BCUT2D eigenvalue weighted by Crippen LogP contribution is 2.26. The first-order valence-corrected chi connectivity index (χ1v) is 11.5. The zero-order chi connectivity index (χ0) is 24.2. The Hall–Kier alpha value is -3.87. The van der Waals surface area contributed by atoms with Gasteiger partial charge >= 0.3 is 0 Å². The van der Waals surface area contributed by atoms with Crippen molar-refractivity contribution in [2.45, 2.75) is 46.7 Å². The van der Waals surface area contributed by atoms with Crippen molar-refractivity contribution < 1.29 is 9.53 Å². The molecule has 7 heteroatoms. The Morgan fingerprint density at radius 2 is 1.85 bits per heavy atom. The summed E-state index contributed by atoms with van der Waals surface area (Å²) >= 11 is 0. The third-order valence-electron chi connectivity index (χ3n) is 6.17. The minimum atomic E-state index is -0.0959. The fourth-order valence-corrected chi connectivity index (χ4v) is 4.42. The summed E-state index contributed by atoms with van der Waals surface area (Å²) in [6, 6.07) is 17.4. The monoisotopic (exact) mass is 458 g/mol. The number of aryl methyl sites for hydroxylation is 3. The molecule has 0 fully saturated rings. The van der Waals surface area contributed by atoms with Crippen LogP contribution in [0.5, 0.6) is 5.75 Å². The first kappa shape index (κ1) is 23.3. The van der Waals surface area contributed by atoms with Gasteiger partial charge in [0.25, 0.3) is 5.56 Å². The standard InChI is InChI=1S/C27H30N4O3/c1-5-30-26-25(19(3)29-31(26)21-11-7-6-8-12-21)18(2)23(27(30)33)14-15-24(32)28-17-20-10-9-13-22(16-20)34-4/h6-13,16H,5,14-15,17H2,1-4H3,(H,28,32). The number of ether oxygens (including phenoxy) is 1. The fourth-order valence-electron chi connectivity index (χ4n) is 4.42. The molecule has 2 aromatic heterocycles. The Kier molecular flexibility index (Phi) is 6.82. The molecule has 2 aromatic carbocycles. The maximum Gasteiger partial charge on any atom is 0.255 e. The van der Waals surface area contributed by atoms with E-state index in [2.05, 4.69) is 5.32 Å². The topological polar surface area (TPSA) is 78.2 Å². The van der Waals surface area contributed by atoms with Gasteiger partial charge in [-0.2, -0.15) is 5.10 Å². The lowest BCUT2D eigenvalue weighted by Crippen LogP contribution is -2.28. The number of nitrogens with one attached hydrogen (secondary N) is 1. The van der Waals surface area contributed by atoms with Gasteiger partial charge in [0, 0.05) is 30.5 Å². The van der Waals surface area contributed by atoms with Crippen LogP contribution < -0.4 is 15.6 Å². The van der Waals surface area contributed by atoms with Crippen molar-refractivity contribution in [3.8, 4) is 11.4 Å². The van der Waals surface area contributed by atoms with Crippen LogP contribution >= 0.6 is 0 Å². The zero-order valence-electron chi connectivity index (χ0n) is 20.1. The summed E-state index contributed by atoms with van der Waals surface area (Å²) in [6.45, 7) is 6.80. The van der Waals surface area contributed by atoms with Crippen LogP contribution in [0.25, 0.3) is 16.7 Å². The Morgan fingerprint density at radius 3 is 2.56 bits per heavy atom. The highest BCUT2D eigenvalue weighted by atomic mass is 16.5. The molecule has 0 saturated heterocycles. The van der Waals surface area contributed by atoms with Crippen molar-refractivity contribution >= 4 is 16.9 Å².